The fourth-order valence-corrected chi connectivity index (χ4v) is 4.09. The Morgan fingerprint density at radius 3 is 2.78 bits per heavy atom. The van der Waals surface area contributed by atoms with E-state index >= 15 is 0 Å². The molecule has 0 saturated carbocycles. The van der Waals surface area contributed by atoms with Crippen molar-refractivity contribution in [1.29, 1.82) is 0 Å². The fourth-order valence-electron chi connectivity index (χ4n) is 4.09. The number of nitrogens with one attached hydrogen (secondary N) is 1. The van der Waals surface area contributed by atoms with Crippen molar-refractivity contribution >= 4 is 39.5 Å². The maximum absolute atomic E-state index is 10.2. The van der Waals surface area contributed by atoms with Crippen molar-refractivity contribution < 1.29 is 14.7 Å². The molecule has 182 valence electrons. The average Bonchev–Trinajstić information content (AvgIpc) is 3.42. The summed E-state index contributed by atoms with van der Waals surface area (Å²) in [4.78, 5) is 27.5. The van der Waals surface area contributed by atoms with Crippen molar-refractivity contribution in [2.24, 2.45) is 7.05 Å². The number of hydroxylamine groups is 1. The van der Waals surface area contributed by atoms with Crippen LogP contribution >= 0.6 is 0 Å². The molecule has 0 aliphatic carbocycles. The zero-order chi connectivity index (χ0) is 24.9. The van der Waals surface area contributed by atoms with Crippen LogP contribution in [0.2, 0.25) is 0 Å². The van der Waals surface area contributed by atoms with Gasteiger partial charge in [-0.25, -0.2) is 30.0 Å². The summed E-state index contributed by atoms with van der Waals surface area (Å²) in [5.41, 5.74) is 3.86. The van der Waals surface area contributed by atoms with E-state index in [0.717, 1.165) is 33.8 Å². The molecule has 0 amide bonds. The van der Waals surface area contributed by atoms with Crippen LogP contribution in [0.5, 0.6) is 11.5 Å². The van der Waals surface area contributed by atoms with E-state index in [2.05, 4.69) is 30.2 Å². The Bertz CT molecular complexity index is 1600. The van der Waals surface area contributed by atoms with Gasteiger partial charge in [0.2, 0.25) is 0 Å². The second-order valence-electron chi connectivity index (χ2n) is 9.15. The van der Waals surface area contributed by atoms with Crippen LogP contribution < -0.4 is 15.1 Å². The van der Waals surface area contributed by atoms with E-state index in [4.69, 9.17) is 9.57 Å². The minimum atomic E-state index is -0.961. The zero-order valence-electron chi connectivity index (χ0n) is 20.0. The first kappa shape index (κ1) is 22.1. The van der Waals surface area contributed by atoms with E-state index in [1.54, 1.807) is 19.4 Å². The molecule has 4 heterocycles. The summed E-state index contributed by atoms with van der Waals surface area (Å²) in [7, 11) is 1.96. The molecule has 1 aliphatic heterocycles. The minimum Gasteiger partial charge on any atom is -0.457 e. The molecule has 0 bridgehead atoms. The number of ether oxygens (including phenoxy) is 1. The van der Waals surface area contributed by atoms with Crippen LogP contribution in [0.3, 0.4) is 0 Å². The maximum Gasteiger partial charge on any atom is 0.250 e. The number of rotatable bonds is 5. The van der Waals surface area contributed by atoms with Gasteiger partial charge < -0.3 is 19.7 Å². The van der Waals surface area contributed by atoms with Crippen LogP contribution in [0.25, 0.3) is 22.1 Å². The van der Waals surface area contributed by atoms with Crippen molar-refractivity contribution in [3.8, 4) is 11.5 Å². The predicted octanol–water partition coefficient (Wildman–Crippen LogP) is 3.65. The molecule has 0 spiro atoms. The van der Waals surface area contributed by atoms with E-state index in [9.17, 15) is 5.11 Å². The van der Waals surface area contributed by atoms with Crippen molar-refractivity contribution in [3.05, 3.63) is 60.8 Å². The first-order valence-electron chi connectivity index (χ1n) is 11.4. The number of β-amino-alcohol motifs (C(OH)–C–C–N with tert-alkyl or cyclic N) is 1. The van der Waals surface area contributed by atoms with Crippen LogP contribution in [0.4, 0.5) is 17.5 Å². The van der Waals surface area contributed by atoms with Gasteiger partial charge >= 0.3 is 0 Å². The summed E-state index contributed by atoms with van der Waals surface area (Å²) in [6, 6.07) is 11.7. The summed E-state index contributed by atoms with van der Waals surface area (Å²) in [6.07, 6.45) is 4.86. The largest absolute Gasteiger partial charge is 0.457 e. The number of hydrogen-bond acceptors (Lipinski definition) is 10. The summed E-state index contributed by atoms with van der Waals surface area (Å²) >= 11 is 0. The molecule has 11 heteroatoms. The zero-order valence-corrected chi connectivity index (χ0v) is 20.0. The van der Waals surface area contributed by atoms with E-state index in [1.807, 2.05) is 54.9 Å². The molecule has 1 saturated heterocycles. The number of aliphatic hydroxyl groups is 1. The van der Waals surface area contributed by atoms with Gasteiger partial charge in [0.15, 0.2) is 5.82 Å². The van der Waals surface area contributed by atoms with Crippen LogP contribution in [0, 0.1) is 6.92 Å². The first-order chi connectivity index (χ1) is 17.3. The highest BCUT2D eigenvalue weighted by atomic mass is 16.7. The molecular weight excluding hydrogens is 460 g/mol. The summed E-state index contributed by atoms with van der Waals surface area (Å²) in [5, 5.41) is 15.0. The molecule has 5 aromatic rings. The molecule has 1 atom stereocenters. The van der Waals surface area contributed by atoms with Crippen LogP contribution in [0.1, 0.15) is 12.5 Å². The maximum atomic E-state index is 10.2. The molecule has 11 nitrogen and oxygen atoms in total. The fraction of sp³-hybridized carbons (Fsp3) is 0.240. The molecule has 3 aromatic heterocycles. The first-order valence-corrected chi connectivity index (χ1v) is 11.4. The monoisotopic (exact) mass is 484 g/mol. The van der Waals surface area contributed by atoms with Crippen LogP contribution in [0.15, 0.2) is 55.2 Å². The molecule has 2 aromatic carbocycles. The van der Waals surface area contributed by atoms with Gasteiger partial charge in [-0.1, -0.05) is 0 Å². The van der Waals surface area contributed by atoms with E-state index in [1.165, 1.54) is 11.4 Å². The molecule has 0 radical (unpaired) electrons. The molecular formula is C25H24N8O3. The van der Waals surface area contributed by atoms with Gasteiger partial charge in [0.1, 0.15) is 41.1 Å². The van der Waals surface area contributed by atoms with Crippen molar-refractivity contribution in [2.75, 3.05) is 23.5 Å². The Labute approximate surface area is 206 Å². The molecule has 2 N–H and O–H groups in total. The lowest BCUT2D eigenvalue weighted by molar-refractivity contribution is 0.0458. The Morgan fingerprint density at radius 1 is 1.08 bits per heavy atom. The predicted molar refractivity (Wildman–Crippen MR) is 134 cm³/mol. The Hall–Kier alpha value is -4.35. The normalized spacial score (nSPS) is 17.7. The highest BCUT2D eigenvalue weighted by molar-refractivity contribution is 5.87. The Morgan fingerprint density at radius 2 is 1.97 bits per heavy atom. The van der Waals surface area contributed by atoms with Crippen LogP contribution in [-0.2, 0) is 11.9 Å². The second-order valence-corrected chi connectivity index (χ2v) is 9.15. The second kappa shape index (κ2) is 8.40. The smallest absolute Gasteiger partial charge is 0.250 e. The lowest BCUT2D eigenvalue weighted by atomic mass is 10.1. The van der Waals surface area contributed by atoms with Gasteiger partial charge in [-0.3, -0.25) is 4.84 Å². The van der Waals surface area contributed by atoms with Crippen molar-refractivity contribution in [3.63, 3.8) is 0 Å². The topological polar surface area (TPSA) is 123 Å². The molecule has 1 fully saturated rings. The number of aryl methyl sites for hydroxylation is 2. The van der Waals surface area contributed by atoms with E-state index in [-0.39, 0.29) is 13.2 Å². The number of hydrogen-bond donors (Lipinski definition) is 2. The highest BCUT2D eigenvalue weighted by Gasteiger charge is 2.34. The summed E-state index contributed by atoms with van der Waals surface area (Å²) in [6.45, 7) is 4.13. The lowest BCUT2D eigenvalue weighted by Gasteiger charge is -2.16. The quantitative estimate of drug-likeness (QED) is 0.382. The van der Waals surface area contributed by atoms with Crippen molar-refractivity contribution in [2.45, 2.75) is 19.4 Å². The Balaban J connectivity index is 1.25. The molecule has 1 unspecified atom stereocenters. The lowest BCUT2D eigenvalue weighted by Crippen LogP contribution is -2.31. The van der Waals surface area contributed by atoms with E-state index < -0.39 is 5.60 Å². The third-order valence-corrected chi connectivity index (χ3v) is 5.97. The summed E-state index contributed by atoms with van der Waals surface area (Å²) in [5.74, 6) is 2.33. The SMILES string of the molecule is Cc1cc(Nc2ncnc3cnc(N4CC(C)(O)CO4)nc23)ccc1Oc1ccc2c(c1)ncn2C. The van der Waals surface area contributed by atoms with E-state index in [0.29, 0.717) is 22.8 Å². The minimum absolute atomic E-state index is 0.175. The van der Waals surface area contributed by atoms with Crippen LogP contribution in [-0.4, -0.2) is 53.3 Å². The van der Waals surface area contributed by atoms with Gasteiger partial charge in [0.05, 0.1) is 30.1 Å². The third kappa shape index (κ3) is 4.14. The highest BCUT2D eigenvalue weighted by Crippen LogP contribution is 2.31. The van der Waals surface area contributed by atoms with Gasteiger partial charge in [-0.05, 0) is 49.7 Å². The van der Waals surface area contributed by atoms with Crippen molar-refractivity contribution in [1.82, 2.24) is 29.5 Å². The Kier molecular flexibility index (Phi) is 5.16. The molecule has 6 rings (SSSR count). The number of benzene rings is 2. The molecule has 36 heavy (non-hydrogen) atoms. The number of aromatic nitrogens is 6. The van der Waals surface area contributed by atoms with Gasteiger partial charge in [0.25, 0.3) is 5.95 Å². The summed E-state index contributed by atoms with van der Waals surface area (Å²) < 4.78 is 8.10. The van der Waals surface area contributed by atoms with Gasteiger partial charge in [-0.2, -0.15) is 0 Å². The standard InChI is InChI=1S/C25H24N8O3/c1-15-8-16(4-7-21(15)36-17-5-6-20-18(9-17)29-14-32(20)3)30-23-22-19(27-13-28-23)10-26-24(31-22)33-11-25(2,34)12-35-33/h4-10,13-14,34H,11-12H2,1-3H3,(H,27,28,30). The number of fused-ring (bicyclic) bond motifs is 2. The third-order valence-electron chi connectivity index (χ3n) is 5.97. The number of imidazole rings is 1. The van der Waals surface area contributed by atoms with Gasteiger partial charge in [-0.15, -0.1) is 0 Å². The number of anilines is 3. The van der Waals surface area contributed by atoms with Gasteiger partial charge in [0, 0.05) is 18.8 Å². The average molecular weight is 485 g/mol. The number of nitrogens with zero attached hydrogens (tertiary/aromatic N) is 7. The molecule has 1 aliphatic rings.